The van der Waals surface area contributed by atoms with Crippen molar-refractivity contribution >= 4 is 31.5 Å². The van der Waals surface area contributed by atoms with Gasteiger partial charge in [0.25, 0.3) is 0 Å². The lowest BCUT2D eigenvalue weighted by Gasteiger charge is -2.34. The molecule has 0 aliphatic heterocycles. The lowest BCUT2D eigenvalue weighted by atomic mass is 9.67. The van der Waals surface area contributed by atoms with Gasteiger partial charge < -0.3 is 0 Å². The second-order valence-electron chi connectivity index (χ2n) is 13.1. The minimum absolute atomic E-state index is 0.460. The van der Waals surface area contributed by atoms with Crippen LogP contribution in [0, 0.1) is 0 Å². The van der Waals surface area contributed by atoms with E-state index in [1.807, 2.05) is 11.3 Å². The zero-order chi connectivity index (χ0) is 33.1. The van der Waals surface area contributed by atoms with Gasteiger partial charge in [0.15, 0.2) is 0 Å². The molecule has 2 aromatic heterocycles. The first kappa shape index (κ1) is 28.9. The molecule has 0 saturated carbocycles. The van der Waals surface area contributed by atoms with Crippen LogP contribution < -0.4 is 0 Å². The van der Waals surface area contributed by atoms with Gasteiger partial charge in [-0.15, -0.1) is 11.3 Å². The van der Waals surface area contributed by atoms with Crippen LogP contribution in [-0.4, -0.2) is 4.98 Å². The molecule has 0 spiro atoms. The van der Waals surface area contributed by atoms with Crippen molar-refractivity contribution in [2.75, 3.05) is 0 Å². The standard InChI is InChI=1S/C48H31NS/c1-5-15-32(16-6-1)43-30-35(31-44(49-43)33-17-7-2-8-18-33)34-25-27-41-40(29-34)46-42(28-26-39-38-23-13-14-24-45(38)50-47(39)46)48(41,36-19-9-3-10-20-36)37-21-11-4-12-22-37/h1-31H. The predicted octanol–water partition coefficient (Wildman–Crippen LogP) is 12.8. The molecule has 1 aliphatic carbocycles. The van der Waals surface area contributed by atoms with Crippen molar-refractivity contribution in [3.05, 3.63) is 210 Å². The van der Waals surface area contributed by atoms with Crippen molar-refractivity contribution < 1.29 is 0 Å². The summed E-state index contributed by atoms with van der Waals surface area (Å²) >= 11 is 1.91. The van der Waals surface area contributed by atoms with E-state index in [1.54, 1.807) is 0 Å². The summed E-state index contributed by atoms with van der Waals surface area (Å²) in [4.78, 5) is 5.18. The number of rotatable bonds is 5. The van der Waals surface area contributed by atoms with Crippen LogP contribution in [0.1, 0.15) is 22.3 Å². The molecule has 50 heavy (non-hydrogen) atoms. The molecular formula is C48H31NS. The number of aromatic nitrogens is 1. The van der Waals surface area contributed by atoms with E-state index in [9.17, 15) is 0 Å². The Balaban J connectivity index is 1.29. The first-order chi connectivity index (χ1) is 24.8. The fraction of sp³-hybridized carbons (Fsp3) is 0.0208. The molecule has 2 heteroatoms. The van der Waals surface area contributed by atoms with Gasteiger partial charge in [0.1, 0.15) is 0 Å². The molecule has 7 aromatic carbocycles. The van der Waals surface area contributed by atoms with Gasteiger partial charge in [-0.1, -0.05) is 164 Å². The molecule has 1 aliphatic rings. The zero-order valence-corrected chi connectivity index (χ0v) is 28.1. The van der Waals surface area contributed by atoms with Crippen LogP contribution in [0.2, 0.25) is 0 Å². The molecule has 0 atom stereocenters. The summed E-state index contributed by atoms with van der Waals surface area (Å²) in [6.07, 6.45) is 0. The summed E-state index contributed by atoms with van der Waals surface area (Å²) in [7, 11) is 0. The molecule has 0 N–H and O–H groups in total. The van der Waals surface area contributed by atoms with Crippen LogP contribution in [0.15, 0.2) is 188 Å². The van der Waals surface area contributed by atoms with Gasteiger partial charge in [-0.05, 0) is 63.2 Å². The first-order valence-corrected chi connectivity index (χ1v) is 17.9. The van der Waals surface area contributed by atoms with Crippen LogP contribution in [-0.2, 0) is 5.41 Å². The summed E-state index contributed by atoms with van der Waals surface area (Å²) in [6, 6.07) is 68.5. The Kier molecular flexibility index (Phi) is 6.65. The maximum Gasteiger partial charge on any atom is 0.0715 e. The highest BCUT2D eigenvalue weighted by molar-refractivity contribution is 7.26. The van der Waals surface area contributed by atoms with E-state index in [2.05, 4.69) is 188 Å². The highest BCUT2D eigenvalue weighted by atomic mass is 32.1. The van der Waals surface area contributed by atoms with Gasteiger partial charge >= 0.3 is 0 Å². The Hall–Kier alpha value is -6.09. The summed E-state index contributed by atoms with van der Waals surface area (Å²) in [5.74, 6) is 0. The minimum atomic E-state index is -0.460. The molecule has 234 valence electrons. The third kappa shape index (κ3) is 4.35. The highest BCUT2D eigenvalue weighted by Gasteiger charge is 2.47. The molecule has 0 radical (unpaired) electrons. The second-order valence-corrected chi connectivity index (χ2v) is 14.1. The van der Waals surface area contributed by atoms with E-state index in [1.165, 1.54) is 59.1 Å². The molecular weight excluding hydrogens is 623 g/mol. The van der Waals surface area contributed by atoms with Crippen molar-refractivity contribution in [3.8, 4) is 44.8 Å². The number of hydrogen-bond acceptors (Lipinski definition) is 2. The molecule has 1 nitrogen and oxygen atoms in total. The van der Waals surface area contributed by atoms with Crippen molar-refractivity contribution in [3.63, 3.8) is 0 Å². The van der Waals surface area contributed by atoms with Gasteiger partial charge in [-0.2, -0.15) is 0 Å². The molecule has 0 saturated heterocycles. The maximum atomic E-state index is 5.18. The molecule has 0 amide bonds. The Morgan fingerprint density at radius 3 is 1.56 bits per heavy atom. The average molecular weight is 654 g/mol. The second kappa shape index (κ2) is 11.5. The van der Waals surface area contributed by atoms with E-state index >= 15 is 0 Å². The number of fused-ring (bicyclic) bond motifs is 7. The Morgan fingerprint density at radius 1 is 0.400 bits per heavy atom. The third-order valence-corrected chi connectivity index (χ3v) is 11.6. The lowest BCUT2D eigenvalue weighted by molar-refractivity contribution is 0.769. The smallest absolute Gasteiger partial charge is 0.0715 e. The van der Waals surface area contributed by atoms with Gasteiger partial charge in [-0.25, -0.2) is 4.98 Å². The number of thiophene rings is 1. The van der Waals surface area contributed by atoms with E-state index < -0.39 is 5.41 Å². The Labute approximate surface area is 295 Å². The van der Waals surface area contributed by atoms with Gasteiger partial charge in [0.05, 0.1) is 16.8 Å². The van der Waals surface area contributed by atoms with Crippen molar-refractivity contribution in [1.29, 1.82) is 0 Å². The van der Waals surface area contributed by atoms with E-state index in [4.69, 9.17) is 4.98 Å². The number of pyridine rings is 1. The van der Waals surface area contributed by atoms with Gasteiger partial charge in [-0.3, -0.25) is 0 Å². The third-order valence-electron chi connectivity index (χ3n) is 10.4. The minimum Gasteiger partial charge on any atom is -0.248 e. The van der Waals surface area contributed by atoms with Crippen LogP contribution in [0.5, 0.6) is 0 Å². The zero-order valence-electron chi connectivity index (χ0n) is 27.3. The van der Waals surface area contributed by atoms with E-state index in [0.29, 0.717) is 0 Å². The van der Waals surface area contributed by atoms with Crippen molar-refractivity contribution in [1.82, 2.24) is 4.98 Å². The summed E-state index contributed by atoms with van der Waals surface area (Å²) < 4.78 is 2.67. The van der Waals surface area contributed by atoms with Crippen molar-refractivity contribution in [2.24, 2.45) is 0 Å². The Bertz CT molecular complexity index is 2580. The molecule has 0 unspecified atom stereocenters. The SMILES string of the molecule is c1ccc(-c2cc(-c3ccc4c(c3)-c3c(ccc5c3sc3ccccc35)C4(c3ccccc3)c3ccccc3)cc(-c3ccccc3)n2)cc1. The largest absolute Gasteiger partial charge is 0.248 e. The maximum absolute atomic E-state index is 5.18. The normalized spacial score (nSPS) is 13.0. The van der Waals surface area contributed by atoms with Crippen molar-refractivity contribution in [2.45, 2.75) is 5.41 Å². The van der Waals surface area contributed by atoms with E-state index in [-0.39, 0.29) is 0 Å². The van der Waals surface area contributed by atoms with Gasteiger partial charge in [0, 0.05) is 36.9 Å². The molecule has 0 fully saturated rings. The summed E-state index contributed by atoms with van der Waals surface area (Å²) in [5.41, 5.74) is 13.9. The topological polar surface area (TPSA) is 12.9 Å². The number of hydrogen-bond donors (Lipinski definition) is 0. The highest BCUT2D eigenvalue weighted by Crippen LogP contribution is 2.59. The Morgan fingerprint density at radius 2 is 0.940 bits per heavy atom. The fourth-order valence-electron chi connectivity index (χ4n) is 8.15. The fourth-order valence-corrected chi connectivity index (χ4v) is 9.41. The average Bonchev–Trinajstić information content (AvgIpc) is 3.73. The van der Waals surface area contributed by atoms with E-state index in [0.717, 1.165) is 28.1 Å². The van der Waals surface area contributed by atoms with Crippen LogP contribution in [0.25, 0.3) is 64.9 Å². The van der Waals surface area contributed by atoms with Crippen LogP contribution in [0.3, 0.4) is 0 Å². The number of benzene rings is 7. The predicted molar refractivity (Wildman–Crippen MR) is 211 cm³/mol. The monoisotopic (exact) mass is 653 g/mol. The van der Waals surface area contributed by atoms with Crippen LogP contribution >= 0.6 is 11.3 Å². The molecule has 0 bridgehead atoms. The van der Waals surface area contributed by atoms with Crippen LogP contribution in [0.4, 0.5) is 0 Å². The molecule has 10 rings (SSSR count). The molecule has 9 aromatic rings. The quantitative estimate of drug-likeness (QED) is 0.180. The number of nitrogens with zero attached hydrogens (tertiary/aromatic N) is 1. The summed E-state index contributed by atoms with van der Waals surface area (Å²) in [5, 5.41) is 2.64. The first-order valence-electron chi connectivity index (χ1n) is 17.1. The van der Waals surface area contributed by atoms with Gasteiger partial charge in [0.2, 0.25) is 0 Å². The lowest BCUT2D eigenvalue weighted by Crippen LogP contribution is -2.28. The molecule has 2 heterocycles. The summed E-state index contributed by atoms with van der Waals surface area (Å²) in [6.45, 7) is 0.